The smallest absolute Gasteiger partial charge is 0.282 e. The van der Waals surface area contributed by atoms with Crippen LogP contribution >= 0.6 is 15.9 Å². The zero-order valence-electron chi connectivity index (χ0n) is 17.3. The number of H-pyrrole nitrogens is 1. The van der Waals surface area contributed by atoms with Gasteiger partial charge in [0.05, 0.1) is 12.8 Å². The summed E-state index contributed by atoms with van der Waals surface area (Å²) in [7, 11) is 1.50. The van der Waals surface area contributed by atoms with Crippen molar-refractivity contribution < 1.29 is 14.3 Å². The van der Waals surface area contributed by atoms with E-state index in [4.69, 9.17) is 14.7 Å². The monoisotopic (exact) mass is 494 g/mol. The first-order valence-corrected chi connectivity index (χ1v) is 10.2. The van der Waals surface area contributed by atoms with Crippen molar-refractivity contribution >= 4 is 39.7 Å². The van der Waals surface area contributed by atoms with E-state index in [2.05, 4.69) is 31.4 Å². The summed E-state index contributed by atoms with van der Waals surface area (Å²) in [6.45, 7) is 1.48. The predicted molar refractivity (Wildman–Crippen MR) is 124 cm³/mol. The number of hydrogen-bond donors (Lipinski definition) is 2. The standard InChI is InChI=1S/C23H19BrN4O4/c1-14-18(12-25)23(30)28-27-19(14)9-3-15-4-10-20(21(11-15)31-2)32-13-22(29)26-17-7-5-16(24)6-8-17/h3-11H,13H2,1-2H3,(H,26,29)(H,28,30). The first-order chi connectivity index (χ1) is 15.4. The quantitative estimate of drug-likeness (QED) is 0.514. The van der Waals surface area contributed by atoms with E-state index in [0.717, 1.165) is 10.0 Å². The number of nitriles is 1. The maximum atomic E-state index is 12.1. The van der Waals surface area contributed by atoms with Crippen molar-refractivity contribution in [2.45, 2.75) is 6.92 Å². The van der Waals surface area contributed by atoms with Gasteiger partial charge in [-0.15, -0.1) is 0 Å². The number of methoxy groups -OCH3 is 1. The van der Waals surface area contributed by atoms with Crippen molar-refractivity contribution in [2.24, 2.45) is 0 Å². The molecule has 1 aromatic heterocycles. The molecule has 0 aliphatic rings. The Balaban J connectivity index is 1.69. The number of halogens is 1. The number of nitrogens with one attached hydrogen (secondary N) is 2. The van der Waals surface area contributed by atoms with Crippen LogP contribution in [-0.2, 0) is 4.79 Å². The SMILES string of the molecule is COc1cc(C=Cc2n[nH]c(=O)c(C#N)c2C)ccc1OCC(=O)Nc1ccc(Br)cc1. The lowest BCUT2D eigenvalue weighted by atomic mass is 10.1. The number of nitrogens with zero attached hydrogens (tertiary/aromatic N) is 2. The van der Waals surface area contributed by atoms with Crippen LogP contribution in [0.2, 0.25) is 0 Å². The third-order valence-electron chi connectivity index (χ3n) is 4.48. The van der Waals surface area contributed by atoms with Gasteiger partial charge in [-0.05, 0) is 60.5 Å². The van der Waals surface area contributed by atoms with Gasteiger partial charge in [0.15, 0.2) is 18.1 Å². The van der Waals surface area contributed by atoms with Crippen LogP contribution in [0, 0.1) is 18.3 Å². The average Bonchev–Trinajstić information content (AvgIpc) is 2.79. The Labute approximate surface area is 192 Å². The number of hydrogen-bond acceptors (Lipinski definition) is 6. The molecule has 0 aliphatic heterocycles. The van der Waals surface area contributed by atoms with Gasteiger partial charge in [-0.25, -0.2) is 5.10 Å². The zero-order chi connectivity index (χ0) is 23.1. The van der Waals surface area contributed by atoms with E-state index in [1.165, 1.54) is 7.11 Å². The number of benzene rings is 2. The van der Waals surface area contributed by atoms with Crippen LogP contribution in [-0.4, -0.2) is 29.8 Å². The summed E-state index contributed by atoms with van der Waals surface area (Å²) in [6.07, 6.45) is 3.45. The molecule has 0 atom stereocenters. The molecule has 1 heterocycles. The summed E-state index contributed by atoms with van der Waals surface area (Å²) in [5.74, 6) is 0.569. The van der Waals surface area contributed by atoms with Gasteiger partial charge in [0.2, 0.25) is 0 Å². The fourth-order valence-electron chi connectivity index (χ4n) is 2.80. The van der Waals surface area contributed by atoms with Crippen LogP contribution in [0.15, 0.2) is 51.7 Å². The summed E-state index contributed by atoms with van der Waals surface area (Å²) in [4.78, 5) is 23.8. The van der Waals surface area contributed by atoms with Crippen LogP contribution in [0.1, 0.15) is 22.4 Å². The normalized spacial score (nSPS) is 10.6. The van der Waals surface area contributed by atoms with Gasteiger partial charge in [0.1, 0.15) is 11.6 Å². The van der Waals surface area contributed by atoms with Gasteiger partial charge in [-0.1, -0.05) is 28.1 Å². The molecule has 32 heavy (non-hydrogen) atoms. The number of carbonyl (C=O) groups is 1. The maximum Gasteiger partial charge on any atom is 0.282 e. The zero-order valence-corrected chi connectivity index (χ0v) is 18.9. The number of rotatable bonds is 7. The van der Waals surface area contributed by atoms with Crippen molar-refractivity contribution in [1.82, 2.24) is 10.2 Å². The van der Waals surface area contributed by atoms with Gasteiger partial charge in [-0.2, -0.15) is 10.4 Å². The fraction of sp³-hybridized carbons (Fsp3) is 0.130. The molecule has 0 unspecified atom stereocenters. The van der Waals surface area contributed by atoms with Gasteiger partial charge in [-0.3, -0.25) is 9.59 Å². The van der Waals surface area contributed by atoms with Crippen LogP contribution in [0.4, 0.5) is 5.69 Å². The minimum absolute atomic E-state index is 0.0300. The number of carbonyl (C=O) groups excluding carboxylic acids is 1. The minimum Gasteiger partial charge on any atom is -0.493 e. The highest BCUT2D eigenvalue weighted by Crippen LogP contribution is 2.29. The van der Waals surface area contributed by atoms with Gasteiger partial charge < -0.3 is 14.8 Å². The van der Waals surface area contributed by atoms with E-state index in [0.29, 0.717) is 28.4 Å². The van der Waals surface area contributed by atoms with E-state index in [1.807, 2.05) is 18.2 Å². The van der Waals surface area contributed by atoms with Crippen molar-refractivity contribution in [3.05, 3.63) is 79.7 Å². The van der Waals surface area contributed by atoms with Crippen LogP contribution in [0.25, 0.3) is 12.2 Å². The molecule has 3 rings (SSSR count). The second-order valence-electron chi connectivity index (χ2n) is 6.64. The van der Waals surface area contributed by atoms with Gasteiger partial charge >= 0.3 is 0 Å². The van der Waals surface area contributed by atoms with Crippen molar-refractivity contribution in [2.75, 3.05) is 19.0 Å². The molecule has 8 nitrogen and oxygen atoms in total. The highest BCUT2D eigenvalue weighted by molar-refractivity contribution is 9.10. The minimum atomic E-state index is -0.519. The summed E-state index contributed by atoms with van der Waals surface area (Å²) in [6, 6.07) is 14.3. The molecule has 9 heteroatoms. The number of aromatic amines is 1. The van der Waals surface area contributed by atoms with Gasteiger partial charge in [0, 0.05) is 10.2 Å². The number of amides is 1. The molecule has 0 spiro atoms. The molecule has 0 radical (unpaired) electrons. The summed E-state index contributed by atoms with van der Waals surface area (Å²) >= 11 is 3.35. The van der Waals surface area contributed by atoms with Crippen LogP contribution in [0.3, 0.4) is 0 Å². The lowest BCUT2D eigenvalue weighted by molar-refractivity contribution is -0.118. The molecular formula is C23H19BrN4O4. The molecule has 162 valence electrons. The van der Waals surface area contributed by atoms with E-state index >= 15 is 0 Å². The van der Waals surface area contributed by atoms with Crippen molar-refractivity contribution in [3.63, 3.8) is 0 Å². The maximum absolute atomic E-state index is 12.1. The Kier molecular flexibility index (Phi) is 7.41. The Hall–Kier alpha value is -3.90. The first-order valence-electron chi connectivity index (χ1n) is 9.45. The topological polar surface area (TPSA) is 117 Å². The molecule has 0 saturated carbocycles. The first kappa shape index (κ1) is 22.8. The second-order valence-corrected chi connectivity index (χ2v) is 7.55. The molecule has 0 aliphatic carbocycles. The number of anilines is 1. The largest absolute Gasteiger partial charge is 0.493 e. The van der Waals surface area contributed by atoms with Gasteiger partial charge in [0.25, 0.3) is 11.5 Å². The highest BCUT2D eigenvalue weighted by atomic mass is 79.9. The molecule has 1 amide bonds. The fourth-order valence-corrected chi connectivity index (χ4v) is 3.07. The van der Waals surface area contributed by atoms with Crippen molar-refractivity contribution in [1.29, 1.82) is 5.26 Å². The third-order valence-corrected chi connectivity index (χ3v) is 5.01. The molecule has 2 aromatic carbocycles. The Morgan fingerprint density at radius 2 is 1.97 bits per heavy atom. The lowest BCUT2D eigenvalue weighted by Crippen LogP contribution is -2.20. The van der Waals surface area contributed by atoms with E-state index in [9.17, 15) is 9.59 Å². The van der Waals surface area contributed by atoms with E-state index < -0.39 is 5.56 Å². The Morgan fingerprint density at radius 3 is 2.66 bits per heavy atom. The third kappa shape index (κ3) is 5.62. The second kappa shape index (κ2) is 10.4. The summed E-state index contributed by atoms with van der Waals surface area (Å²) < 4.78 is 11.9. The molecule has 0 saturated heterocycles. The number of ether oxygens (including phenoxy) is 2. The molecular weight excluding hydrogens is 476 g/mol. The Bertz CT molecular complexity index is 1260. The van der Waals surface area contributed by atoms with Crippen LogP contribution < -0.4 is 20.3 Å². The summed E-state index contributed by atoms with van der Waals surface area (Å²) in [5.41, 5.74) is 1.93. The lowest BCUT2D eigenvalue weighted by Gasteiger charge is -2.11. The molecule has 0 fully saturated rings. The average molecular weight is 495 g/mol. The van der Waals surface area contributed by atoms with Crippen LogP contribution in [0.5, 0.6) is 11.5 Å². The molecule has 0 bridgehead atoms. The Morgan fingerprint density at radius 1 is 1.22 bits per heavy atom. The molecule has 2 N–H and O–H groups in total. The predicted octanol–water partition coefficient (Wildman–Crippen LogP) is 3.91. The molecule has 3 aromatic rings. The van der Waals surface area contributed by atoms with E-state index in [-0.39, 0.29) is 18.1 Å². The van der Waals surface area contributed by atoms with E-state index in [1.54, 1.807) is 49.4 Å². The highest BCUT2D eigenvalue weighted by Gasteiger charge is 2.10. The van der Waals surface area contributed by atoms with Crippen molar-refractivity contribution in [3.8, 4) is 17.6 Å². The number of aromatic nitrogens is 2. The summed E-state index contributed by atoms with van der Waals surface area (Å²) in [5, 5.41) is 18.1.